The van der Waals surface area contributed by atoms with Crippen LogP contribution in [-0.4, -0.2) is 20.2 Å². The van der Waals surface area contributed by atoms with E-state index in [-0.39, 0.29) is 11.6 Å². The van der Waals surface area contributed by atoms with Crippen LogP contribution in [0.4, 0.5) is 34.6 Å². The Kier molecular flexibility index (Phi) is 3.91. The normalized spacial score (nSPS) is 10.6. The lowest BCUT2D eigenvalue weighted by atomic mass is 10.3. The molecule has 0 spiro atoms. The predicted octanol–water partition coefficient (Wildman–Crippen LogP) is 3.07. The van der Waals surface area contributed by atoms with Crippen LogP contribution in [0.3, 0.4) is 0 Å². The molecule has 8 heteroatoms. The molecule has 8 nitrogen and oxygen atoms in total. The van der Waals surface area contributed by atoms with Gasteiger partial charge in [0, 0.05) is 11.4 Å². The van der Waals surface area contributed by atoms with Crippen LogP contribution in [0.2, 0.25) is 0 Å². The molecule has 0 atom stereocenters. The predicted molar refractivity (Wildman–Crippen MR) is 103 cm³/mol. The maximum Gasteiger partial charge on any atom is 0.174 e. The molecule has 26 heavy (non-hydrogen) atoms. The molecule has 0 fully saturated rings. The Morgan fingerprint density at radius 2 is 0.962 bits per heavy atom. The average Bonchev–Trinajstić information content (AvgIpc) is 2.67. The fraction of sp³-hybridized carbons (Fsp3) is 0. The lowest BCUT2D eigenvalue weighted by Crippen LogP contribution is -2.08. The van der Waals surface area contributed by atoms with Crippen molar-refractivity contribution in [1.29, 1.82) is 0 Å². The number of anilines is 6. The number of nitrogens with zero attached hydrogens (tertiary/aromatic N) is 4. The third-order valence-corrected chi connectivity index (χ3v) is 3.72. The molecule has 0 aliphatic carbocycles. The van der Waals surface area contributed by atoms with Crippen LogP contribution in [0, 0.1) is 0 Å². The summed E-state index contributed by atoms with van der Waals surface area (Å²) in [6.07, 6.45) is 0. The van der Waals surface area contributed by atoms with Crippen molar-refractivity contribution in [2.45, 2.75) is 0 Å². The number of fused-ring (bicyclic) bond motifs is 1. The van der Waals surface area contributed by atoms with Gasteiger partial charge in [-0.25, -0.2) is 9.97 Å². The van der Waals surface area contributed by atoms with E-state index in [1.807, 2.05) is 60.7 Å². The number of nitrogen functional groups attached to an aromatic ring is 2. The van der Waals surface area contributed by atoms with Crippen LogP contribution < -0.4 is 22.1 Å². The zero-order valence-corrected chi connectivity index (χ0v) is 13.7. The number of hydrogen-bond donors (Lipinski definition) is 4. The first-order valence-corrected chi connectivity index (χ1v) is 7.94. The zero-order valence-electron chi connectivity index (χ0n) is 13.7. The van der Waals surface area contributed by atoms with Gasteiger partial charge in [0.15, 0.2) is 23.3 Å². The highest BCUT2D eigenvalue weighted by Gasteiger charge is 2.15. The summed E-state index contributed by atoms with van der Waals surface area (Å²) in [5, 5.41) is 14.1. The van der Waals surface area contributed by atoms with Crippen LogP contribution >= 0.6 is 0 Å². The third-order valence-electron chi connectivity index (χ3n) is 3.72. The van der Waals surface area contributed by atoms with Gasteiger partial charge < -0.3 is 22.1 Å². The van der Waals surface area contributed by atoms with Crippen molar-refractivity contribution in [1.82, 2.24) is 20.2 Å². The molecule has 128 valence electrons. The molecule has 0 amide bonds. The van der Waals surface area contributed by atoms with Gasteiger partial charge >= 0.3 is 0 Å². The van der Waals surface area contributed by atoms with Gasteiger partial charge in [-0.3, -0.25) is 0 Å². The van der Waals surface area contributed by atoms with Crippen LogP contribution in [0.5, 0.6) is 0 Å². The Bertz CT molecular complexity index is 965. The average molecular weight is 344 g/mol. The molecule has 2 aromatic carbocycles. The van der Waals surface area contributed by atoms with Gasteiger partial charge in [-0.15, -0.1) is 10.2 Å². The van der Waals surface area contributed by atoms with E-state index in [1.54, 1.807) is 0 Å². The fourth-order valence-corrected chi connectivity index (χ4v) is 2.49. The minimum absolute atomic E-state index is 0.170. The third kappa shape index (κ3) is 3.03. The Morgan fingerprint density at radius 1 is 0.577 bits per heavy atom. The van der Waals surface area contributed by atoms with E-state index >= 15 is 0 Å². The van der Waals surface area contributed by atoms with Crippen molar-refractivity contribution >= 4 is 45.7 Å². The van der Waals surface area contributed by atoms with Crippen LogP contribution in [0.1, 0.15) is 0 Å². The van der Waals surface area contributed by atoms with E-state index in [0.29, 0.717) is 22.7 Å². The summed E-state index contributed by atoms with van der Waals surface area (Å²) in [5.41, 5.74) is 14.3. The Morgan fingerprint density at radius 3 is 1.35 bits per heavy atom. The molecule has 2 aromatic heterocycles. The molecular weight excluding hydrogens is 328 g/mol. The van der Waals surface area contributed by atoms with E-state index in [9.17, 15) is 0 Å². The second-order valence-electron chi connectivity index (χ2n) is 5.57. The smallest absolute Gasteiger partial charge is 0.174 e. The maximum absolute atomic E-state index is 5.91. The van der Waals surface area contributed by atoms with Crippen molar-refractivity contribution in [2.24, 2.45) is 0 Å². The molecular formula is C18H16N8. The molecule has 0 unspecified atom stereocenters. The summed E-state index contributed by atoms with van der Waals surface area (Å²) >= 11 is 0. The maximum atomic E-state index is 5.91. The van der Waals surface area contributed by atoms with Gasteiger partial charge in [0.1, 0.15) is 11.0 Å². The summed E-state index contributed by atoms with van der Waals surface area (Å²) in [4.78, 5) is 9.17. The summed E-state index contributed by atoms with van der Waals surface area (Å²) in [7, 11) is 0. The molecule has 6 N–H and O–H groups in total. The minimum Gasteiger partial charge on any atom is -0.380 e. The van der Waals surface area contributed by atoms with Crippen molar-refractivity contribution in [2.75, 3.05) is 22.1 Å². The van der Waals surface area contributed by atoms with Crippen molar-refractivity contribution in [3.05, 3.63) is 60.7 Å². The largest absolute Gasteiger partial charge is 0.380 e. The van der Waals surface area contributed by atoms with Crippen LogP contribution in [0.15, 0.2) is 60.7 Å². The quantitative estimate of drug-likeness (QED) is 0.445. The highest BCUT2D eigenvalue weighted by Crippen LogP contribution is 2.30. The van der Waals surface area contributed by atoms with Crippen molar-refractivity contribution in [3.8, 4) is 0 Å². The van der Waals surface area contributed by atoms with E-state index in [2.05, 4.69) is 30.8 Å². The number of nitrogens with one attached hydrogen (secondary N) is 2. The zero-order chi connectivity index (χ0) is 17.9. The summed E-state index contributed by atoms with van der Waals surface area (Å²) in [5.74, 6) is 1.35. The van der Waals surface area contributed by atoms with E-state index in [4.69, 9.17) is 11.5 Å². The molecule has 4 rings (SSSR count). The standard InChI is InChI=1S/C18H16N8/c19-15-13-14(16(20)26-25-15)24-18(22-12-9-5-2-6-10-12)17(23-13)21-11-7-3-1-4-8-11/h1-10H,(H2,19,25)(H2,20,26)(H,21,23)(H,22,24). The molecule has 0 aliphatic heterocycles. The van der Waals surface area contributed by atoms with Gasteiger partial charge in [0.25, 0.3) is 0 Å². The van der Waals surface area contributed by atoms with Crippen molar-refractivity contribution in [3.63, 3.8) is 0 Å². The van der Waals surface area contributed by atoms with Crippen LogP contribution in [-0.2, 0) is 0 Å². The number of hydrogen-bond acceptors (Lipinski definition) is 8. The van der Waals surface area contributed by atoms with Gasteiger partial charge in [-0.2, -0.15) is 0 Å². The van der Waals surface area contributed by atoms with E-state index < -0.39 is 0 Å². The first-order chi connectivity index (χ1) is 12.7. The minimum atomic E-state index is 0.170. The first-order valence-electron chi connectivity index (χ1n) is 7.94. The monoisotopic (exact) mass is 344 g/mol. The lowest BCUT2D eigenvalue weighted by Gasteiger charge is -2.14. The highest BCUT2D eigenvalue weighted by atomic mass is 15.2. The first kappa shape index (κ1) is 15.6. The number of rotatable bonds is 4. The van der Waals surface area contributed by atoms with Gasteiger partial charge in [-0.1, -0.05) is 36.4 Å². The summed E-state index contributed by atoms with van der Waals surface area (Å²) in [6, 6.07) is 19.3. The lowest BCUT2D eigenvalue weighted by molar-refractivity contribution is 1.06. The Labute approximate surface area is 149 Å². The van der Waals surface area contributed by atoms with Gasteiger partial charge in [-0.05, 0) is 24.3 Å². The number of benzene rings is 2. The molecule has 0 bridgehead atoms. The van der Waals surface area contributed by atoms with E-state index in [0.717, 1.165) is 11.4 Å². The van der Waals surface area contributed by atoms with E-state index in [1.165, 1.54) is 0 Å². The number of aromatic nitrogens is 4. The number of para-hydroxylation sites is 2. The molecule has 4 aromatic rings. The number of nitrogens with two attached hydrogens (primary N) is 2. The van der Waals surface area contributed by atoms with Crippen molar-refractivity contribution < 1.29 is 0 Å². The molecule has 0 radical (unpaired) electrons. The fourth-order valence-electron chi connectivity index (χ4n) is 2.49. The van der Waals surface area contributed by atoms with Gasteiger partial charge in [0.2, 0.25) is 0 Å². The molecule has 0 saturated heterocycles. The summed E-state index contributed by atoms with van der Waals surface area (Å²) in [6.45, 7) is 0. The highest BCUT2D eigenvalue weighted by molar-refractivity contribution is 5.94. The molecule has 0 aliphatic rings. The van der Waals surface area contributed by atoms with Crippen LogP contribution in [0.25, 0.3) is 11.0 Å². The second-order valence-corrected chi connectivity index (χ2v) is 5.57. The topological polar surface area (TPSA) is 128 Å². The molecule has 0 saturated carbocycles. The SMILES string of the molecule is Nc1nnc(N)c2nc(Nc3ccccc3)c(Nc3ccccc3)nc12. The molecule has 2 heterocycles. The van der Waals surface area contributed by atoms with Gasteiger partial charge in [0.05, 0.1) is 0 Å². The Balaban J connectivity index is 1.85. The Hall–Kier alpha value is -3.94. The summed E-state index contributed by atoms with van der Waals surface area (Å²) < 4.78 is 0. The second kappa shape index (κ2) is 6.52.